The summed E-state index contributed by atoms with van der Waals surface area (Å²) in [7, 11) is 2.61. The lowest BCUT2D eigenvalue weighted by molar-refractivity contribution is -0.131. The van der Waals surface area contributed by atoms with Crippen molar-refractivity contribution in [2.24, 2.45) is 11.5 Å². The highest BCUT2D eigenvalue weighted by atomic mass is 33.1. The Morgan fingerprint density at radius 2 is 1.25 bits per heavy atom. The van der Waals surface area contributed by atoms with Crippen molar-refractivity contribution in [1.82, 2.24) is 10.6 Å². The summed E-state index contributed by atoms with van der Waals surface area (Å²) in [6.07, 6.45) is 11.0. The number of hydrogen-bond donors (Lipinski definition) is 4. The van der Waals surface area contributed by atoms with Gasteiger partial charge in [0.05, 0.1) is 6.04 Å². The highest BCUT2D eigenvalue weighted by Crippen LogP contribution is 2.22. The zero-order valence-corrected chi connectivity index (χ0v) is 21.3. The van der Waals surface area contributed by atoms with Crippen LogP contribution in [0.1, 0.15) is 90.9 Å². The molecule has 2 atom stereocenters. The number of primary amides is 1. The van der Waals surface area contributed by atoms with Crippen LogP contribution in [0.25, 0.3) is 0 Å². The number of amides is 4. The molecule has 8 nitrogen and oxygen atoms in total. The second kappa shape index (κ2) is 20.4. The summed E-state index contributed by atoms with van der Waals surface area (Å²) in [6, 6.07) is -1.60. The Balaban J connectivity index is 4.05. The van der Waals surface area contributed by atoms with Crippen molar-refractivity contribution in [2.75, 3.05) is 11.5 Å². The molecule has 186 valence electrons. The van der Waals surface area contributed by atoms with E-state index in [0.29, 0.717) is 12.8 Å². The van der Waals surface area contributed by atoms with Crippen LogP contribution < -0.4 is 22.1 Å². The smallest absolute Gasteiger partial charge is 0.244 e. The molecule has 0 aromatic rings. The van der Waals surface area contributed by atoms with Gasteiger partial charge in [-0.3, -0.25) is 24.5 Å². The van der Waals surface area contributed by atoms with Crippen molar-refractivity contribution in [2.45, 2.75) is 103 Å². The first kappa shape index (κ1) is 30.7. The highest BCUT2D eigenvalue weighted by molar-refractivity contribution is 8.76. The third-order valence-electron chi connectivity index (χ3n) is 4.86. The monoisotopic (exact) mass is 490 g/mol. The molecule has 0 aliphatic rings. The van der Waals surface area contributed by atoms with Crippen molar-refractivity contribution < 1.29 is 19.2 Å². The van der Waals surface area contributed by atoms with Gasteiger partial charge in [0, 0.05) is 24.3 Å². The SMILES string of the molecule is CCCCCCCC(=O)NC(=O)[C@@H](N)CSSCC(NC(=O)CCCCCCC)C(N)=O. The van der Waals surface area contributed by atoms with E-state index >= 15 is 0 Å². The van der Waals surface area contributed by atoms with Crippen molar-refractivity contribution in [3.63, 3.8) is 0 Å². The molecule has 0 aliphatic heterocycles. The van der Waals surface area contributed by atoms with Crippen LogP contribution >= 0.6 is 21.6 Å². The van der Waals surface area contributed by atoms with E-state index in [1.165, 1.54) is 21.6 Å². The van der Waals surface area contributed by atoms with Gasteiger partial charge in [-0.15, -0.1) is 0 Å². The van der Waals surface area contributed by atoms with Crippen LogP contribution in [-0.4, -0.2) is 47.2 Å². The number of rotatable bonds is 20. The molecule has 0 saturated carbocycles. The van der Waals surface area contributed by atoms with Gasteiger partial charge in [-0.2, -0.15) is 0 Å². The molecule has 0 fully saturated rings. The van der Waals surface area contributed by atoms with E-state index in [1.54, 1.807) is 0 Å². The molecule has 0 saturated heterocycles. The predicted molar refractivity (Wildman–Crippen MR) is 134 cm³/mol. The molecule has 0 bridgehead atoms. The Morgan fingerprint density at radius 1 is 0.750 bits per heavy atom. The van der Waals surface area contributed by atoms with Crippen molar-refractivity contribution in [3.8, 4) is 0 Å². The van der Waals surface area contributed by atoms with E-state index in [-0.39, 0.29) is 23.3 Å². The van der Waals surface area contributed by atoms with Gasteiger partial charge in [0.2, 0.25) is 23.6 Å². The molecule has 0 radical (unpaired) electrons. The zero-order valence-electron chi connectivity index (χ0n) is 19.7. The number of hydrogen-bond acceptors (Lipinski definition) is 7. The fourth-order valence-electron chi connectivity index (χ4n) is 2.85. The third kappa shape index (κ3) is 17.3. The highest BCUT2D eigenvalue weighted by Gasteiger charge is 2.20. The maximum absolute atomic E-state index is 12.0. The maximum atomic E-state index is 12.0. The van der Waals surface area contributed by atoms with Gasteiger partial charge in [0.1, 0.15) is 6.04 Å². The van der Waals surface area contributed by atoms with E-state index in [0.717, 1.165) is 64.2 Å². The van der Waals surface area contributed by atoms with Crippen LogP contribution in [0.15, 0.2) is 0 Å². The van der Waals surface area contributed by atoms with Crippen molar-refractivity contribution in [3.05, 3.63) is 0 Å². The van der Waals surface area contributed by atoms with Crippen LogP contribution in [0.3, 0.4) is 0 Å². The van der Waals surface area contributed by atoms with E-state index < -0.39 is 23.9 Å². The second-order valence-corrected chi connectivity index (χ2v) is 10.5. The molecule has 0 aromatic heterocycles. The minimum Gasteiger partial charge on any atom is -0.368 e. The summed E-state index contributed by atoms with van der Waals surface area (Å²) >= 11 is 0. The summed E-state index contributed by atoms with van der Waals surface area (Å²) in [5.41, 5.74) is 11.2. The lowest BCUT2D eigenvalue weighted by Gasteiger charge is -2.15. The van der Waals surface area contributed by atoms with Gasteiger partial charge in [-0.05, 0) is 12.8 Å². The molecule has 32 heavy (non-hydrogen) atoms. The average Bonchev–Trinajstić information content (AvgIpc) is 2.75. The van der Waals surface area contributed by atoms with Gasteiger partial charge >= 0.3 is 0 Å². The standard InChI is InChI=1S/C22H42N4O4S2/c1-3-5-7-9-11-13-19(27)25-18(21(24)29)16-32-31-15-17(23)22(30)26-20(28)14-12-10-8-6-4-2/h17-18H,3-16,23H2,1-2H3,(H2,24,29)(H,25,27)(H,26,28,30)/t17-,18?/m0/s1. The number of carbonyl (C=O) groups is 4. The van der Waals surface area contributed by atoms with Crippen molar-refractivity contribution in [1.29, 1.82) is 0 Å². The van der Waals surface area contributed by atoms with Crippen LogP contribution in [0.4, 0.5) is 0 Å². The minimum atomic E-state index is -0.832. The van der Waals surface area contributed by atoms with Crippen LogP contribution in [0, 0.1) is 0 Å². The molecule has 0 aliphatic carbocycles. The van der Waals surface area contributed by atoms with Gasteiger partial charge in [-0.25, -0.2) is 0 Å². The quantitative estimate of drug-likeness (QED) is 0.152. The normalized spacial score (nSPS) is 12.7. The number of carbonyl (C=O) groups excluding carboxylic acids is 4. The first-order chi connectivity index (χ1) is 15.3. The van der Waals surface area contributed by atoms with E-state index in [4.69, 9.17) is 11.5 Å². The Kier molecular flexibility index (Phi) is 19.6. The lowest BCUT2D eigenvalue weighted by atomic mass is 10.1. The van der Waals surface area contributed by atoms with Crippen molar-refractivity contribution >= 4 is 45.2 Å². The minimum absolute atomic E-state index is 0.180. The summed E-state index contributed by atoms with van der Waals surface area (Å²) in [4.78, 5) is 47.5. The summed E-state index contributed by atoms with van der Waals surface area (Å²) in [6.45, 7) is 4.26. The van der Waals surface area contributed by atoms with Crippen LogP contribution in [0.2, 0.25) is 0 Å². The fraction of sp³-hybridized carbons (Fsp3) is 0.818. The van der Waals surface area contributed by atoms with Gasteiger partial charge in [0.15, 0.2) is 0 Å². The fourth-order valence-corrected chi connectivity index (χ4v) is 5.15. The molecule has 0 aromatic carbocycles. The van der Waals surface area contributed by atoms with Gasteiger partial charge in [0.25, 0.3) is 0 Å². The molecular weight excluding hydrogens is 448 g/mol. The molecule has 6 N–H and O–H groups in total. The Labute approximate surface area is 200 Å². The summed E-state index contributed by atoms with van der Waals surface area (Å²) in [5.74, 6) is -1.02. The average molecular weight is 491 g/mol. The molecule has 0 heterocycles. The van der Waals surface area contributed by atoms with Gasteiger partial charge in [-0.1, -0.05) is 86.8 Å². The molecule has 0 spiro atoms. The largest absolute Gasteiger partial charge is 0.368 e. The topological polar surface area (TPSA) is 144 Å². The predicted octanol–water partition coefficient (Wildman–Crippen LogP) is 3.03. The Morgan fingerprint density at radius 3 is 1.78 bits per heavy atom. The van der Waals surface area contributed by atoms with E-state index in [2.05, 4.69) is 24.5 Å². The number of nitrogens with two attached hydrogens (primary N) is 2. The third-order valence-corrected chi connectivity index (χ3v) is 7.31. The van der Waals surface area contributed by atoms with Gasteiger partial charge < -0.3 is 16.8 Å². The summed E-state index contributed by atoms with van der Waals surface area (Å²) < 4.78 is 0. The molecule has 1 unspecified atom stereocenters. The van der Waals surface area contributed by atoms with Crippen LogP contribution in [-0.2, 0) is 19.2 Å². The first-order valence-corrected chi connectivity index (χ1v) is 14.2. The lowest BCUT2D eigenvalue weighted by Crippen LogP contribution is -2.46. The second-order valence-electron chi connectivity index (χ2n) is 7.94. The summed E-state index contributed by atoms with van der Waals surface area (Å²) in [5, 5.41) is 5.01. The van der Waals surface area contributed by atoms with Crippen LogP contribution in [0.5, 0.6) is 0 Å². The number of unbranched alkanes of at least 4 members (excludes halogenated alkanes) is 8. The molecular formula is C22H42N4O4S2. The van der Waals surface area contributed by atoms with E-state index in [1.807, 2.05) is 0 Å². The number of imide groups is 1. The molecule has 10 heteroatoms. The molecule has 4 amide bonds. The zero-order chi connectivity index (χ0) is 24.2. The molecule has 0 rings (SSSR count). The van der Waals surface area contributed by atoms with E-state index in [9.17, 15) is 19.2 Å². The first-order valence-electron chi connectivity index (χ1n) is 11.7. The maximum Gasteiger partial charge on any atom is 0.244 e. The Bertz CT molecular complexity index is 564. The Hall–Kier alpha value is -1.26. The number of nitrogens with one attached hydrogen (secondary N) is 2.